The Bertz CT molecular complexity index is 212. The van der Waals surface area contributed by atoms with Gasteiger partial charge < -0.3 is 4.74 Å². The summed E-state index contributed by atoms with van der Waals surface area (Å²) in [6, 6.07) is 0. The first kappa shape index (κ1) is 9.04. The minimum absolute atomic E-state index is 0.0244. The lowest BCUT2D eigenvalue weighted by Gasteiger charge is -2.19. The third kappa shape index (κ3) is 1.72. The third-order valence-corrected chi connectivity index (χ3v) is 3.61. The summed E-state index contributed by atoms with van der Waals surface area (Å²) in [5.74, 6) is 2.00. The Labute approximate surface area is 79.7 Å². The molecular formula is C11H18O2. The van der Waals surface area contributed by atoms with Crippen LogP contribution < -0.4 is 0 Å². The van der Waals surface area contributed by atoms with Crippen LogP contribution in [-0.2, 0) is 9.53 Å². The van der Waals surface area contributed by atoms with Gasteiger partial charge in [-0.05, 0) is 31.1 Å². The Morgan fingerprint density at radius 3 is 2.85 bits per heavy atom. The molecule has 0 N–H and O–H groups in total. The third-order valence-electron chi connectivity index (χ3n) is 3.61. The quantitative estimate of drug-likeness (QED) is 0.538. The van der Waals surface area contributed by atoms with Gasteiger partial charge in [-0.1, -0.05) is 13.8 Å². The standard InChI is InChI=1S/C11H18O2/c1-7-3-4-10-9(8(2)5-7)6-11(12)13-10/h7-10H,3-6H2,1-2H3/t7?,8?,9-,10-/m1/s1. The van der Waals surface area contributed by atoms with E-state index in [0.29, 0.717) is 18.3 Å². The van der Waals surface area contributed by atoms with Crippen LogP contribution in [0.15, 0.2) is 0 Å². The van der Waals surface area contributed by atoms with Crippen molar-refractivity contribution in [2.75, 3.05) is 0 Å². The highest BCUT2D eigenvalue weighted by Gasteiger charge is 2.40. The van der Waals surface area contributed by atoms with Crippen LogP contribution in [0, 0.1) is 17.8 Å². The number of carbonyl (C=O) groups is 1. The van der Waals surface area contributed by atoms with Crippen LogP contribution in [0.4, 0.5) is 0 Å². The molecule has 2 rings (SSSR count). The molecular weight excluding hydrogens is 164 g/mol. The van der Waals surface area contributed by atoms with E-state index in [1.54, 1.807) is 0 Å². The van der Waals surface area contributed by atoms with Gasteiger partial charge >= 0.3 is 5.97 Å². The van der Waals surface area contributed by atoms with Crippen LogP contribution in [0.1, 0.15) is 39.5 Å². The maximum Gasteiger partial charge on any atom is 0.306 e. The highest BCUT2D eigenvalue weighted by atomic mass is 16.5. The summed E-state index contributed by atoms with van der Waals surface area (Å²) < 4.78 is 5.33. The molecule has 2 heteroatoms. The van der Waals surface area contributed by atoms with Crippen LogP contribution >= 0.6 is 0 Å². The van der Waals surface area contributed by atoms with Gasteiger partial charge in [-0.25, -0.2) is 0 Å². The van der Waals surface area contributed by atoms with Gasteiger partial charge in [0.2, 0.25) is 0 Å². The van der Waals surface area contributed by atoms with E-state index >= 15 is 0 Å². The van der Waals surface area contributed by atoms with Crippen LogP contribution in [-0.4, -0.2) is 12.1 Å². The molecule has 1 heterocycles. The Morgan fingerprint density at radius 1 is 1.31 bits per heavy atom. The molecule has 0 aromatic carbocycles. The summed E-state index contributed by atoms with van der Waals surface area (Å²) >= 11 is 0. The smallest absolute Gasteiger partial charge is 0.306 e. The van der Waals surface area contributed by atoms with Gasteiger partial charge in [-0.2, -0.15) is 0 Å². The van der Waals surface area contributed by atoms with E-state index in [1.165, 1.54) is 12.8 Å². The molecule has 0 aromatic heterocycles. The highest BCUT2D eigenvalue weighted by Crippen LogP contribution is 2.39. The fourth-order valence-corrected chi connectivity index (χ4v) is 2.84. The van der Waals surface area contributed by atoms with Crippen molar-refractivity contribution in [1.82, 2.24) is 0 Å². The van der Waals surface area contributed by atoms with E-state index in [9.17, 15) is 4.79 Å². The number of hydrogen-bond donors (Lipinski definition) is 0. The van der Waals surface area contributed by atoms with E-state index in [0.717, 1.165) is 12.3 Å². The molecule has 2 unspecified atom stereocenters. The lowest BCUT2D eigenvalue weighted by Crippen LogP contribution is -2.19. The molecule has 0 amide bonds. The summed E-state index contributed by atoms with van der Waals surface area (Å²) in [5, 5.41) is 0. The Kier molecular flexibility index (Phi) is 2.31. The van der Waals surface area contributed by atoms with E-state index < -0.39 is 0 Å². The molecule has 74 valence electrons. The van der Waals surface area contributed by atoms with Gasteiger partial charge in [0.15, 0.2) is 0 Å². The van der Waals surface area contributed by atoms with E-state index in [2.05, 4.69) is 13.8 Å². The van der Waals surface area contributed by atoms with Crippen molar-refractivity contribution in [3.05, 3.63) is 0 Å². The highest BCUT2D eigenvalue weighted by molar-refractivity contribution is 5.72. The SMILES string of the molecule is CC1CC[C@H]2OC(=O)C[C@@H]2C(C)C1. The van der Waals surface area contributed by atoms with Gasteiger partial charge in [0, 0.05) is 5.92 Å². The fourth-order valence-electron chi connectivity index (χ4n) is 2.84. The second kappa shape index (κ2) is 3.32. The first-order valence-electron chi connectivity index (χ1n) is 5.36. The number of esters is 1. The molecule has 1 saturated carbocycles. The first-order chi connectivity index (χ1) is 6.16. The Balaban J connectivity index is 2.09. The summed E-state index contributed by atoms with van der Waals surface area (Å²) in [5.41, 5.74) is 0. The van der Waals surface area contributed by atoms with Gasteiger partial charge in [0.05, 0.1) is 6.42 Å². The lowest BCUT2D eigenvalue weighted by molar-refractivity contribution is -0.141. The maximum atomic E-state index is 11.1. The van der Waals surface area contributed by atoms with Crippen molar-refractivity contribution >= 4 is 5.97 Å². The molecule has 0 aromatic rings. The normalized spacial score (nSPS) is 45.2. The van der Waals surface area contributed by atoms with Crippen molar-refractivity contribution in [3.8, 4) is 0 Å². The molecule has 13 heavy (non-hydrogen) atoms. The van der Waals surface area contributed by atoms with Crippen molar-refractivity contribution < 1.29 is 9.53 Å². The number of rotatable bonds is 0. The Morgan fingerprint density at radius 2 is 2.08 bits per heavy atom. The second-order valence-corrected chi connectivity index (χ2v) is 4.79. The topological polar surface area (TPSA) is 26.3 Å². The predicted molar refractivity (Wildman–Crippen MR) is 50.2 cm³/mol. The van der Waals surface area contributed by atoms with Crippen molar-refractivity contribution in [2.45, 2.75) is 45.6 Å². The zero-order valence-electron chi connectivity index (χ0n) is 8.45. The van der Waals surface area contributed by atoms with Gasteiger partial charge in [0.1, 0.15) is 6.10 Å². The maximum absolute atomic E-state index is 11.1. The molecule has 4 atom stereocenters. The number of fused-ring (bicyclic) bond motifs is 1. The van der Waals surface area contributed by atoms with Crippen LogP contribution in [0.2, 0.25) is 0 Å². The molecule has 2 nitrogen and oxygen atoms in total. The molecule has 0 spiro atoms. The van der Waals surface area contributed by atoms with E-state index in [-0.39, 0.29) is 12.1 Å². The lowest BCUT2D eigenvalue weighted by atomic mass is 9.85. The first-order valence-corrected chi connectivity index (χ1v) is 5.36. The average molecular weight is 182 g/mol. The monoisotopic (exact) mass is 182 g/mol. The van der Waals surface area contributed by atoms with E-state index in [1.807, 2.05) is 0 Å². The zero-order chi connectivity index (χ0) is 9.42. The molecule has 1 saturated heterocycles. The van der Waals surface area contributed by atoms with E-state index in [4.69, 9.17) is 4.74 Å². The van der Waals surface area contributed by atoms with Gasteiger partial charge in [0.25, 0.3) is 0 Å². The zero-order valence-corrected chi connectivity index (χ0v) is 8.45. The van der Waals surface area contributed by atoms with Crippen molar-refractivity contribution in [3.63, 3.8) is 0 Å². The number of ether oxygens (including phenoxy) is 1. The second-order valence-electron chi connectivity index (χ2n) is 4.79. The molecule has 0 radical (unpaired) electrons. The molecule has 1 aliphatic heterocycles. The van der Waals surface area contributed by atoms with Gasteiger partial charge in [-0.3, -0.25) is 4.79 Å². The molecule has 1 aliphatic carbocycles. The Hall–Kier alpha value is -0.530. The average Bonchev–Trinajstić information content (AvgIpc) is 2.38. The molecule has 0 bridgehead atoms. The van der Waals surface area contributed by atoms with Crippen LogP contribution in [0.25, 0.3) is 0 Å². The number of carbonyl (C=O) groups excluding carboxylic acids is 1. The summed E-state index contributed by atoms with van der Waals surface area (Å²) in [6.45, 7) is 4.57. The predicted octanol–water partition coefficient (Wildman–Crippen LogP) is 2.37. The minimum Gasteiger partial charge on any atom is -0.462 e. The fraction of sp³-hybridized carbons (Fsp3) is 0.909. The van der Waals surface area contributed by atoms with Crippen molar-refractivity contribution in [2.24, 2.45) is 17.8 Å². The summed E-state index contributed by atoms with van der Waals surface area (Å²) in [6.07, 6.45) is 4.48. The van der Waals surface area contributed by atoms with Crippen molar-refractivity contribution in [1.29, 1.82) is 0 Å². The van der Waals surface area contributed by atoms with Gasteiger partial charge in [-0.15, -0.1) is 0 Å². The number of hydrogen-bond acceptors (Lipinski definition) is 2. The van der Waals surface area contributed by atoms with Crippen LogP contribution in [0.5, 0.6) is 0 Å². The summed E-state index contributed by atoms with van der Waals surface area (Å²) in [7, 11) is 0. The summed E-state index contributed by atoms with van der Waals surface area (Å²) in [4.78, 5) is 11.1. The minimum atomic E-state index is 0.0244. The molecule has 2 fully saturated rings. The van der Waals surface area contributed by atoms with Crippen LogP contribution in [0.3, 0.4) is 0 Å². The largest absolute Gasteiger partial charge is 0.462 e. The molecule has 2 aliphatic rings.